The summed E-state index contributed by atoms with van der Waals surface area (Å²) < 4.78 is 11.1. The van der Waals surface area contributed by atoms with E-state index in [1.54, 1.807) is 12.2 Å². The van der Waals surface area contributed by atoms with Crippen LogP contribution >= 0.6 is 0 Å². The number of rotatable bonds is 7. The average Bonchev–Trinajstić information content (AvgIpc) is 3.08. The van der Waals surface area contributed by atoms with Gasteiger partial charge in [-0.25, -0.2) is 0 Å². The topological polar surface area (TPSA) is 107 Å². The zero-order chi connectivity index (χ0) is 25.6. The van der Waals surface area contributed by atoms with E-state index in [0.29, 0.717) is 25.7 Å². The zero-order valence-corrected chi connectivity index (χ0v) is 21.3. The molecular weight excluding hydrogens is 448 g/mol. The van der Waals surface area contributed by atoms with Crippen LogP contribution in [0.4, 0.5) is 0 Å². The van der Waals surface area contributed by atoms with Crippen molar-refractivity contribution in [1.29, 1.82) is 0 Å². The number of Topliss-reactive ketones (excluding diaryl/α,β-unsaturated/α-hetero) is 1. The Balaban J connectivity index is 1.64. The molecule has 0 aromatic rings. The van der Waals surface area contributed by atoms with Crippen molar-refractivity contribution in [2.75, 3.05) is 6.61 Å². The molecule has 7 nitrogen and oxygen atoms in total. The molecule has 7 heteroatoms. The normalized spacial score (nSPS) is 39.7. The Bertz CT molecular complexity index is 980. The summed E-state index contributed by atoms with van der Waals surface area (Å²) >= 11 is 0. The molecule has 4 aliphatic rings. The van der Waals surface area contributed by atoms with Crippen LogP contribution in [0.15, 0.2) is 23.8 Å². The molecule has 3 fully saturated rings. The second-order valence-corrected chi connectivity index (χ2v) is 11.4. The molecular formula is C28H38O7. The minimum absolute atomic E-state index is 0.0140. The maximum atomic E-state index is 13.6. The van der Waals surface area contributed by atoms with E-state index in [4.69, 9.17) is 9.47 Å². The molecule has 0 radical (unpaired) electrons. The van der Waals surface area contributed by atoms with E-state index in [0.717, 1.165) is 24.8 Å². The fourth-order valence-corrected chi connectivity index (χ4v) is 7.90. The second kappa shape index (κ2) is 9.30. The number of hydrogen-bond acceptors (Lipinski definition) is 7. The summed E-state index contributed by atoms with van der Waals surface area (Å²) in [7, 11) is 0. The Morgan fingerprint density at radius 1 is 1.20 bits per heavy atom. The van der Waals surface area contributed by atoms with Gasteiger partial charge in [-0.1, -0.05) is 38.8 Å². The predicted molar refractivity (Wildman–Crippen MR) is 128 cm³/mol. The van der Waals surface area contributed by atoms with E-state index >= 15 is 0 Å². The number of unbranched alkanes of at least 4 members (excludes halogenated alkanes) is 1. The summed E-state index contributed by atoms with van der Waals surface area (Å²) in [5.74, 6) is -1.32. The maximum Gasteiger partial charge on any atom is 0.306 e. The number of carbonyl (C=O) groups is 4. The van der Waals surface area contributed by atoms with Gasteiger partial charge in [-0.15, -0.1) is 0 Å². The van der Waals surface area contributed by atoms with Gasteiger partial charge in [-0.05, 0) is 62.5 Å². The monoisotopic (exact) mass is 486 g/mol. The van der Waals surface area contributed by atoms with E-state index in [-0.39, 0.29) is 30.0 Å². The summed E-state index contributed by atoms with van der Waals surface area (Å²) in [6.45, 7) is 6.89. The first kappa shape index (κ1) is 25.8. The minimum Gasteiger partial charge on any atom is -0.457 e. The van der Waals surface area contributed by atoms with Gasteiger partial charge in [-0.3, -0.25) is 19.2 Å². The summed E-state index contributed by atoms with van der Waals surface area (Å²) in [5, 5.41) is 11.6. The van der Waals surface area contributed by atoms with Gasteiger partial charge < -0.3 is 14.6 Å². The molecule has 0 unspecified atom stereocenters. The number of aliphatic hydroxyl groups is 1. The molecule has 192 valence electrons. The highest BCUT2D eigenvalue weighted by Gasteiger charge is 2.70. The van der Waals surface area contributed by atoms with Gasteiger partial charge in [0.1, 0.15) is 0 Å². The molecule has 0 saturated heterocycles. The number of hydrogen-bond donors (Lipinski definition) is 1. The number of esters is 2. The molecule has 0 heterocycles. The van der Waals surface area contributed by atoms with Gasteiger partial charge >= 0.3 is 11.9 Å². The number of aliphatic hydroxyl groups excluding tert-OH is 1. The molecule has 0 aromatic carbocycles. The van der Waals surface area contributed by atoms with Gasteiger partial charge in [0.05, 0.1) is 6.10 Å². The third-order valence-electron chi connectivity index (χ3n) is 9.48. The van der Waals surface area contributed by atoms with Crippen LogP contribution in [0.2, 0.25) is 0 Å². The number of ketones is 2. The Kier molecular flexibility index (Phi) is 6.86. The van der Waals surface area contributed by atoms with Gasteiger partial charge in [0, 0.05) is 30.1 Å². The SMILES string of the molecule is CCCCC(=O)OCC(=O)[C@@]1(OC(C)=O)CC[C@H]2[C@@H]3CCC4=CC(=O)C=C[C@]4(C)[C@H]3[C@H](O)C[C@@]21C. The predicted octanol–water partition coefficient (Wildman–Crippen LogP) is 3.87. The van der Waals surface area contributed by atoms with E-state index in [2.05, 4.69) is 6.92 Å². The molecule has 7 atom stereocenters. The first-order valence-electron chi connectivity index (χ1n) is 13.0. The second-order valence-electron chi connectivity index (χ2n) is 11.4. The summed E-state index contributed by atoms with van der Waals surface area (Å²) in [4.78, 5) is 50.0. The molecule has 1 N–H and O–H groups in total. The molecule has 0 aliphatic heterocycles. The van der Waals surface area contributed by atoms with Gasteiger partial charge in [0.25, 0.3) is 0 Å². The average molecular weight is 487 g/mol. The van der Waals surface area contributed by atoms with Crippen LogP contribution in [-0.2, 0) is 28.7 Å². The number of ether oxygens (including phenoxy) is 2. The standard InChI is InChI=1S/C28H38O7/c1-5-6-7-24(33)34-16-23(32)28(35-17(2)29)13-11-21-20-9-8-18-14-19(30)10-12-26(18,3)25(20)22(31)15-27(21,28)4/h10,12,14,20-22,25,31H,5-9,11,13,15-16H2,1-4H3/t20-,21-,22+,25+,26-,27-,28-/m0/s1. The van der Waals surface area contributed by atoms with Crippen LogP contribution in [0.5, 0.6) is 0 Å². The number of fused-ring (bicyclic) bond motifs is 5. The zero-order valence-electron chi connectivity index (χ0n) is 21.3. The number of carbonyl (C=O) groups excluding carboxylic acids is 4. The highest BCUT2D eigenvalue weighted by molar-refractivity contribution is 6.01. The van der Waals surface area contributed by atoms with E-state index in [1.165, 1.54) is 6.92 Å². The molecule has 0 aromatic heterocycles. The number of allylic oxidation sites excluding steroid dienone is 4. The third-order valence-corrected chi connectivity index (χ3v) is 9.48. The van der Waals surface area contributed by atoms with Crippen LogP contribution in [0.25, 0.3) is 0 Å². The summed E-state index contributed by atoms with van der Waals surface area (Å²) in [6, 6.07) is 0. The summed E-state index contributed by atoms with van der Waals surface area (Å²) in [5.41, 5.74) is -1.56. The van der Waals surface area contributed by atoms with Crippen LogP contribution in [-0.4, -0.2) is 46.9 Å². The van der Waals surface area contributed by atoms with Gasteiger partial charge in [0.15, 0.2) is 18.0 Å². The lowest BCUT2D eigenvalue weighted by molar-refractivity contribution is -0.199. The maximum absolute atomic E-state index is 13.6. The molecule has 0 spiro atoms. The lowest BCUT2D eigenvalue weighted by Gasteiger charge is -2.59. The molecule has 3 saturated carbocycles. The van der Waals surface area contributed by atoms with Crippen molar-refractivity contribution in [3.63, 3.8) is 0 Å². The van der Waals surface area contributed by atoms with E-state index in [9.17, 15) is 24.3 Å². The first-order chi connectivity index (χ1) is 16.5. The van der Waals surface area contributed by atoms with Crippen molar-refractivity contribution < 1.29 is 33.8 Å². The molecule has 0 bridgehead atoms. The fraction of sp³-hybridized carbons (Fsp3) is 0.714. The van der Waals surface area contributed by atoms with Crippen molar-refractivity contribution in [1.82, 2.24) is 0 Å². The van der Waals surface area contributed by atoms with Gasteiger partial charge in [0.2, 0.25) is 5.78 Å². The van der Waals surface area contributed by atoms with Crippen LogP contribution in [0.1, 0.15) is 79.1 Å². The Hall–Kier alpha value is -2.28. The van der Waals surface area contributed by atoms with Crippen LogP contribution < -0.4 is 0 Å². The lowest BCUT2D eigenvalue weighted by Crippen LogP contribution is -2.63. The minimum atomic E-state index is -1.43. The fourth-order valence-electron chi connectivity index (χ4n) is 7.90. The molecule has 35 heavy (non-hydrogen) atoms. The molecule has 0 amide bonds. The Morgan fingerprint density at radius 2 is 1.94 bits per heavy atom. The highest BCUT2D eigenvalue weighted by Crippen LogP contribution is 2.67. The Morgan fingerprint density at radius 3 is 2.63 bits per heavy atom. The molecule has 4 rings (SSSR count). The van der Waals surface area contributed by atoms with Crippen molar-refractivity contribution in [2.24, 2.45) is 28.6 Å². The van der Waals surface area contributed by atoms with Crippen LogP contribution in [0, 0.1) is 28.6 Å². The van der Waals surface area contributed by atoms with Crippen LogP contribution in [0.3, 0.4) is 0 Å². The van der Waals surface area contributed by atoms with E-state index < -0.39 is 46.9 Å². The van der Waals surface area contributed by atoms with Crippen molar-refractivity contribution >= 4 is 23.5 Å². The third kappa shape index (κ3) is 4.09. The first-order valence-corrected chi connectivity index (χ1v) is 13.0. The Labute approximate surface area is 207 Å². The van der Waals surface area contributed by atoms with Crippen molar-refractivity contribution in [3.8, 4) is 0 Å². The van der Waals surface area contributed by atoms with Crippen molar-refractivity contribution in [3.05, 3.63) is 23.8 Å². The lowest BCUT2D eigenvalue weighted by atomic mass is 9.46. The van der Waals surface area contributed by atoms with Gasteiger partial charge in [-0.2, -0.15) is 0 Å². The molecule has 4 aliphatic carbocycles. The quantitative estimate of drug-likeness (QED) is 0.544. The summed E-state index contributed by atoms with van der Waals surface area (Å²) in [6.07, 6.45) is 9.20. The largest absolute Gasteiger partial charge is 0.457 e. The van der Waals surface area contributed by atoms with Crippen molar-refractivity contribution in [2.45, 2.75) is 90.8 Å². The smallest absolute Gasteiger partial charge is 0.306 e. The van der Waals surface area contributed by atoms with E-state index in [1.807, 2.05) is 19.9 Å². The highest BCUT2D eigenvalue weighted by atomic mass is 16.6.